The zero-order chi connectivity index (χ0) is 45.4. The predicted octanol–water partition coefficient (Wildman–Crippen LogP) is 16.6. The fourth-order valence-corrected chi connectivity index (χ4v) is 11.9. The van der Waals surface area contributed by atoms with Crippen molar-refractivity contribution in [1.82, 2.24) is 0 Å². The minimum absolute atomic E-state index is 0.136. The molecule has 11 rings (SSSR count). The maximum absolute atomic E-state index is 3.54. The lowest BCUT2D eigenvalue weighted by Crippen LogP contribution is -2.29. The van der Waals surface area contributed by atoms with Crippen molar-refractivity contribution in [3.8, 4) is 45.2 Å². The van der Waals surface area contributed by atoms with E-state index in [2.05, 4.69) is 253 Å². The van der Waals surface area contributed by atoms with Crippen LogP contribution in [-0.2, 0) is 16.2 Å². The van der Waals surface area contributed by atoms with E-state index in [1.165, 1.54) is 94.6 Å². The topological polar surface area (TPSA) is 3.24 Å². The standard InChI is InChI=1S/C65H55N/c1-8-20-50-52-23-11-10-12-30-59(52)65(58(50)21-9-2)60-31-18-15-25-53(60)55-27-19-26-49(62(55)65)44-33-36-45(37-34-44)66(46-35-32-43(3)48-22-13-16-28-56(48)63(4,5)41-40-46)47-38-39-54-51-24-14-17-29-57(51)64(6,7)61(54)42-47/h8-9,11,13-29,31-42H,30H2,1-7H3/b20-8-,21-9-,41-40?,43-32+,46-35+. The fourth-order valence-electron chi connectivity index (χ4n) is 11.9. The van der Waals surface area contributed by atoms with E-state index in [0.29, 0.717) is 6.42 Å². The van der Waals surface area contributed by atoms with Crippen molar-refractivity contribution in [2.75, 3.05) is 4.90 Å². The van der Waals surface area contributed by atoms with Gasteiger partial charge in [-0.2, -0.15) is 0 Å². The molecule has 66 heavy (non-hydrogen) atoms. The SMILES string of the molecule is C/C=C\C1=C(/C=C\C)C2(C3=C1C=CC#CC3)c1ccccc1-c1cccc(-c3ccc(N(/C4=C/C=C(\C)c5ccccc5C(C)(C)C=C4)c4ccc5c(c4)C(C)(C)c4ccccc4-5)cc3)c12. The van der Waals surface area contributed by atoms with Gasteiger partial charge in [0.25, 0.3) is 0 Å². The molecule has 6 aromatic rings. The molecule has 0 saturated heterocycles. The van der Waals surface area contributed by atoms with Crippen molar-refractivity contribution in [3.63, 3.8) is 0 Å². The first kappa shape index (κ1) is 41.3. The molecule has 0 radical (unpaired) electrons. The largest absolute Gasteiger partial charge is 0.311 e. The average Bonchev–Trinajstić information content (AvgIpc) is 3.76. The Labute approximate surface area is 392 Å². The summed E-state index contributed by atoms with van der Waals surface area (Å²) in [6.07, 6.45) is 23.4. The highest BCUT2D eigenvalue weighted by Crippen LogP contribution is 2.64. The molecule has 0 aliphatic heterocycles. The Balaban J connectivity index is 1.11. The molecule has 0 saturated carbocycles. The number of rotatable bonds is 6. The first-order chi connectivity index (χ1) is 32.1. The summed E-state index contributed by atoms with van der Waals surface area (Å²) in [7, 11) is 0. The van der Waals surface area contributed by atoms with Gasteiger partial charge in [0.1, 0.15) is 0 Å². The number of fused-ring (bicyclic) bond motifs is 10. The summed E-state index contributed by atoms with van der Waals surface area (Å²) in [6, 6.07) is 50.3. The van der Waals surface area contributed by atoms with Gasteiger partial charge in [0.05, 0.1) is 5.41 Å². The molecule has 5 aliphatic rings. The third-order valence-electron chi connectivity index (χ3n) is 14.9. The van der Waals surface area contributed by atoms with Gasteiger partial charge in [0.15, 0.2) is 0 Å². The van der Waals surface area contributed by atoms with Gasteiger partial charge in [-0.15, -0.1) is 0 Å². The third-order valence-corrected chi connectivity index (χ3v) is 14.9. The van der Waals surface area contributed by atoms with Crippen molar-refractivity contribution in [2.45, 2.75) is 71.1 Å². The minimum Gasteiger partial charge on any atom is -0.311 e. The molecule has 6 aromatic carbocycles. The molecule has 0 N–H and O–H groups in total. The van der Waals surface area contributed by atoms with E-state index in [9.17, 15) is 0 Å². The highest BCUT2D eigenvalue weighted by Gasteiger charge is 2.53. The zero-order valence-corrected chi connectivity index (χ0v) is 39.1. The molecule has 0 amide bonds. The molecule has 5 aliphatic carbocycles. The Hall–Kier alpha value is -7.40. The van der Waals surface area contributed by atoms with Crippen LogP contribution in [0.1, 0.15) is 88.3 Å². The van der Waals surface area contributed by atoms with Gasteiger partial charge in [-0.3, -0.25) is 0 Å². The molecule has 0 bridgehead atoms. The number of anilines is 2. The van der Waals surface area contributed by atoms with E-state index in [-0.39, 0.29) is 10.8 Å². The Morgan fingerprint density at radius 1 is 0.576 bits per heavy atom. The lowest BCUT2D eigenvalue weighted by Gasteiger charge is -2.35. The Kier molecular flexibility index (Phi) is 9.79. The lowest BCUT2D eigenvalue weighted by molar-refractivity contribution is 0.660. The van der Waals surface area contributed by atoms with E-state index >= 15 is 0 Å². The van der Waals surface area contributed by atoms with Crippen molar-refractivity contribution in [2.24, 2.45) is 0 Å². The van der Waals surface area contributed by atoms with Crippen LogP contribution in [0.3, 0.4) is 0 Å². The van der Waals surface area contributed by atoms with E-state index in [4.69, 9.17) is 0 Å². The lowest BCUT2D eigenvalue weighted by atomic mass is 9.66. The average molecular weight is 850 g/mol. The van der Waals surface area contributed by atoms with Crippen LogP contribution >= 0.6 is 0 Å². The number of hydrogen-bond acceptors (Lipinski definition) is 1. The second kappa shape index (κ2) is 15.6. The first-order valence-corrected chi connectivity index (χ1v) is 23.5. The fraction of sp³-hybridized carbons (Fsp3) is 0.169. The van der Waals surface area contributed by atoms with Crippen molar-refractivity contribution >= 4 is 16.9 Å². The van der Waals surface area contributed by atoms with Crippen molar-refractivity contribution in [1.29, 1.82) is 0 Å². The van der Waals surface area contributed by atoms with Crippen LogP contribution in [0.4, 0.5) is 11.4 Å². The second-order valence-corrected chi connectivity index (χ2v) is 19.4. The summed E-state index contributed by atoms with van der Waals surface area (Å²) < 4.78 is 0. The van der Waals surface area contributed by atoms with Crippen LogP contribution in [0.15, 0.2) is 222 Å². The van der Waals surface area contributed by atoms with Gasteiger partial charge in [-0.1, -0.05) is 185 Å². The Bertz CT molecular complexity index is 3350. The monoisotopic (exact) mass is 849 g/mol. The minimum atomic E-state index is -0.496. The van der Waals surface area contributed by atoms with Crippen LogP contribution in [0.25, 0.3) is 39.0 Å². The number of nitrogens with zero attached hydrogens (tertiary/aromatic N) is 1. The van der Waals surface area contributed by atoms with Gasteiger partial charge >= 0.3 is 0 Å². The molecule has 320 valence electrons. The summed E-state index contributed by atoms with van der Waals surface area (Å²) in [5.74, 6) is 6.88. The van der Waals surface area contributed by atoms with E-state index < -0.39 is 5.41 Å². The highest BCUT2D eigenvalue weighted by molar-refractivity contribution is 5.96. The summed E-state index contributed by atoms with van der Waals surface area (Å²) >= 11 is 0. The van der Waals surface area contributed by atoms with Gasteiger partial charge in [0, 0.05) is 34.3 Å². The molecule has 1 spiro atoms. The Morgan fingerprint density at radius 3 is 1.97 bits per heavy atom. The van der Waals surface area contributed by atoms with Crippen LogP contribution in [-0.4, -0.2) is 0 Å². The summed E-state index contributed by atoms with van der Waals surface area (Å²) in [4.78, 5) is 2.46. The van der Waals surface area contributed by atoms with Crippen LogP contribution in [0.5, 0.6) is 0 Å². The molecule has 0 aromatic heterocycles. The molecular formula is C65H55N. The number of benzene rings is 6. The van der Waals surface area contributed by atoms with E-state index in [1.807, 2.05) is 6.08 Å². The van der Waals surface area contributed by atoms with Crippen molar-refractivity contribution in [3.05, 3.63) is 256 Å². The second-order valence-electron chi connectivity index (χ2n) is 19.4. The molecule has 1 nitrogen and oxygen atoms in total. The molecule has 0 heterocycles. The van der Waals surface area contributed by atoms with Gasteiger partial charge in [-0.25, -0.2) is 0 Å². The summed E-state index contributed by atoms with van der Waals surface area (Å²) in [6.45, 7) is 15.9. The number of hydrogen-bond donors (Lipinski definition) is 0. The molecule has 1 unspecified atom stereocenters. The third kappa shape index (κ3) is 6.08. The first-order valence-electron chi connectivity index (χ1n) is 23.5. The quantitative estimate of drug-likeness (QED) is 0.151. The molecule has 0 fully saturated rings. The van der Waals surface area contributed by atoms with Gasteiger partial charge in [-0.05, 0) is 164 Å². The molecular weight excluding hydrogens is 795 g/mol. The highest BCUT2D eigenvalue weighted by atomic mass is 15.1. The van der Waals surface area contributed by atoms with Gasteiger partial charge in [0.2, 0.25) is 0 Å². The zero-order valence-electron chi connectivity index (χ0n) is 39.1. The smallest absolute Gasteiger partial charge is 0.0703 e. The van der Waals surface area contributed by atoms with E-state index in [0.717, 1.165) is 17.1 Å². The normalized spacial score (nSPS) is 20.8. The summed E-state index contributed by atoms with van der Waals surface area (Å²) in [5.41, 5.74) is 24.7. The predicted molar refractivity (Wildman–Crippen MR) is 280 cm³/mol. The van der Waals surface area contributed by atoms with Crippen molar-refractivity contribution < 1.29 is 0 Å². The van der Waals surface area contributed by atoms with Crippen LogP contribution < -0.4 is 4.90 Å². The summed E-state index contributed by atoms with van der Waals surface area (Å²) in [5, 5.41) is 0. The van der Waals surface area contributed by atoms with Crippen LogP contribution in [0.2, 0.25) is 0 Å². The Morgan fingerprint density at radius 2 is 1.21 bits per heavy atom. The van der Waals surface area contributed by atoms with E-state index in [1.54, 1.807) is 0 Å². The molecule has 1 heteroatoms. The maximum atomic E-state index is 3.54. The van der Waals surface area contributed by atoms with Gasteiger partial charge < -0.3 is 4.90 Å². The number of allylic oxidation sites excluding steroid dienone is 15. The van der Waals surface area contributed by atoms with Crippen LogP contribution in [0, 0.1) is 11.8 Å². The maximum Gasteiger partial charge on any atom is 0.0703 e. The molecule has 1 atom stereocenters.